The summed E-state index contributed by atoms with van der Waals surface area (Å²) in [7, 11) is 0. The van der Waals surface area contributed by atoms with E-state index in [9.17, 15) is 5.11 Å². The molecule has 0 radical (unpaired) electrons. The minimum Gasteiger partial charge on any atom is -0.396 e. The number of rotatable bonds is 6. The topological polar surface area (TPSA) is 67.8 Å². The fourth-order valence-corrected chi connectivity index (χ4v) is 4.65. The summed E-state index contributed by atoms with van der Waals surface area (Å²) in [6.45, 7) is 3.42. The predicted octanol–water partition coefficient (Wildman–Crippen LogP) is 3.45. The van der Waals surface area contributed by atoms with Gasteiger partial charge in [-0.25, -0.2) is 0 Å². The van der Waals surface area contributed by atoms with Crippen LogP contribution in [0.4, 0.5) is 0 Å². The van der Waals surface area contributed by atoms with Crippen LogP contribution in [-0.2, 0) is 4.84 Å². The molecule has 0 spiro atoms. The molecule has 4 heteroatoms. The summed E-state index contributed by atoms with van der Waals surface area (Å²) in [6, 6.07) is 10.6. The minimum atomic E-state index is -0.598. The summed E-state index contributed by atoms with van der Waals surface area (Å²) in [5.41, 5.74) is 6.12. The fraction of sp³-hybridized carbons (Fsp3) is 0.650. The molecule has 2 fully saturated rings. The summed E-state index contributed by atoms with van der Waals surface area (Å²) in [5.74, 6) is 0.748. The highest BCUT2D eigenvalue weighted by molar-refractivity contribution is 5.62. The summed E-state index contributed by atoms with van der Waals surface area (Å²) < 4.78 is 0. The lowest BCUT2D eigenvalue weighted by molar-refractivity contribution is -0.0959. The zero-order valence-electron chi connectivity index (χ0n) is 14.7. The van der Waals surface area contributed by atoms with Gasteiger partial charge in [0.05, 0.1) is 5.60 Å². The SMILES string of the molecule is C[C@]12CC[C@H](c3ccccc3)C[C@@]1(O)CC[C@@H]2C=NOCCCN. The third kappa shape index (κ3) is 3.22. The van der Waals surface area contributed by atoms with E-state index in [2.05, 4.69) is 42.4 Å². The highest BCUT2D eigenvalue weighted by Crippen LogP contribution is 2.60. The van der Waals surface area contributed by atoms with Crippen LogP contribution in [0.25, 0.3) is 0 Å². The summed E-state index contributed by atoms with van der Waals surface area (Å²) in [4.78, 5) is 5.29. The Labute approximate surface area is 145 Å². The molecule has 3 N–H and O–H groups in total. The number of oxime groups is 1. The van der Waals surface area contributed by atoms with Crippen LogP contribution in [0.1, 0.15) is 56.9 Å². The number of nitrogens with zero attached hydrogens (tertiary/aromatic N) is 1. The standard InChI is InChI=1S/C20H30N2O2/c1-19-10-8-17(16-6-3-2-4-7-16)14-20(19,23)11-9-18(19)15-22-24-13-5-12-21/h2-4,6-7,15,17-18,23H,5,8-14,21H2,1H3/t17-,18+,19+,20-/m0/s1. The van der Waals surface area contributed by atoms with Gasteiger partial charge in [-0.3, -0.25) is 0 Å². The zero-order chi connectivity index (χ0) is 17.0. The molecule has 0 amide bonds. The van der Waals surface area contributed by atoms with E-state index in [4.69, 9.17) is 10.6 Å². The molecule has 1 aromatic rings. The van der Waals surface area contributed by atoms with Gasteiger partial charge < -0.3 is 15.7 Å². The molecular formula is C20H30N2O2. The fourth-order valence-electron chi connectivity index (χ4n) is 4.65. The maximum Gasteiger partial charge on any atom is 0.118 e. The molecule has 0 aliphatic heterocycles. The Morgan fingerprint density at radius 1 is 1.29 bits per heavy atom. The van der Waals surface area contributed by atoms with Crippen molar-refractivity contribution in [1.29, 1.82) is 0 Å². The quantitative estimate of drug-likeness (QED) is 0.477. The Morgan fingerprint density at radius 3 is 2.83 bits per heavy atom. The average Bonchev–Trinajstić information content (AvgIpc) is 2.86. The molecule has 3 rings (SSSR count). The molecule has 4 nitrogen and oxygen atoms in total. The highest BCUT2D eigenvalue weighted by atomic mass is 16.6. The molecule has 24 heavy (non-hydrogen) atoms. The maximum atomic E-state index is 11.4. The average molecular weight is 330 g/mol. The largest absolute Gasteiger partial charge is 0.396 e. The Bertz CT molecular complexity index is 562. The molecule has 2 aliphatic carbocycles. The number of nitrogens with two attached hydrogens (primary N) is 1. The van der Waals surface area contributed by atoms with E-state index < -0.39 is 5.60 Å². The van der Waals surface area contributed by atoms with E-state index in [0.717, 1.165) is 38.5 Å². The number of hydrogen-bond donors (Lipinski definition) is 2. The van der Waals surface area contributed by atoms with Crippen LogP contribution in [-0.4, -0.2) is 30.1 Å². The molecular weight excluding hydrogens is 300 g/mol. The van der Waals surface area contributed by atoms with Gasteiger partial charge in [0.1, 0.15) is 6.61 Å². The van der Waals surface area contributed by atoms with E-state index in [0.29, 0.717) is 19.1 Å². The van der Waals surface area contributed by atoms with Crippen molar-refractivity contribution in [2.75, 3.05) is 13.2 Å². The number of aliphatic hydroxyl groups is 1. The van der Waals surface area contributed by atoms with Crippen molar-refractivity contribution in [1.82, 2.24) is 0 Å². The van der Waals surface area contributed by atoms with Crippen molar-refractivity contribution in [3.8, 4) is 0 Å². The van der Waals surface area contributed by atoms with Gasteiger partial charge in [-0.15, -0.1) is 0 Å². The predicted molar refractivity (Wildman–Crippen MR) is 96.9 cm³/mol. The Kier molecular flexibility index (Phi) is 5.26. The van der Waals surface area contributed by atoms with E-state index in [1.165, 1.54) is 5.56 Å². The first kappa shape index (κ1) is 17.4. The first-order chi connectivity index (χ1) is 11.6. The number of hydrogen-bond acceptors (Lipinski definition) is 4. The van der Waals surface area contributed by atoms with E-state index in [1.54, 1.807) is 0 Å². The second-order valence-corrected chi connectivity index (χ2v) is 7.67. The second-order valence-electron chi connectivity index (χ2n) is 7.67. The smallest absolute Gasteiger partial charge is 0.118 e. The van der Waals surface area contributed by atoms with Crippen LogP contribution < -0.4 is 5.73 Å². The van der Waals surface area contributed by atoms with Crippen molar-refractivity contribution >= 4 is 6.21 Å². The zero-order valence-corrected chi connectivity index (χ0v) is 14.7. The van der Waals surface area contributed by atoms with Crippen molar-refractivity contribution in [2.24, 2.45) is 22.2 Å². The minimum absolute atomic E-state index is 0.0982. The molecule has 1 aromatic carbocycles. The molecule has 2 aliphatic rings. The van der Waals surface area contributed by atoms with Crippen LogP contribution in [0.5, 0.6) is 0 Å². The first-order valence-corrected chi connectivity index (χ1v) is 9.22. The highest BCUT2D eigenvalue weighted by Gasteiger charge is 2.58. The van der Waals surface area contributed by atoms with Gasteiger partial charge in [-0.1, -0.05) is 42.4 Å². The Hall–Kier alpha value is -1.39. The Balaban J connectivity index is 1.67. The van der Waals surface area contributed by atoms with Crippen LogP contribution in [0, 0.1) is 11.3 Å². The van der Waals surface area contributed by atoms with Gasteiger partial charge in [-0.2, -0.15) is 0 Å². The lowest BCUT2D eigenvalue weighted by Crippen LogP contribution is -2.49. The van der Waals surface area contributed by atoms with Crippen molar-refractivity contribution in [2.45, 2.75) is 57.0 Å². The normalized spacial score (nSPS) is 36.0. The van der Waals surface area contributed by atoms with E-state index in [1.807, 2.05) is 6.21 Å². The van der Waals surface area contributed by atoms with Crippen molar-refractivity contribution < 1.29 is 9.94 Å². The van der Waals surface area contributed by atoms with E-state index in [-0.39, 0.29) is 11.3 Å². The van der Waals surface area contributed by atoms with Gasteiger partial charge in [0, 0.05) is 17.5 Å². The molecule has 2 saturated carbocycles. The molecule has 0 unspecified atom stereocenters. The van der Waals surface area contributed by atoms with Crippen molar-refractivity contribution in [3.05, 3.63) is 35.9 Å². The number of fused-ring (bicyclic) bond motifs is 1. The molecule has 0 aromatic heterocycles. The van der Waals surface area contributed by atoms with Crippen LogP contribution in [0.3, 0.4) is 0 Å². The number of benzene rings is 1. The Morgan fingerprint density at radius 2 is 2.08 bits per heavy atom. The molecule has 0 saturated heterocycles. The second kappa shape index (κ2) is 7.24. The maximum absolute atomic E-state index is 11.4. The van der Waals surface area contributed by atoms with Gasteiger partial charge >= 0.3 is 0 Å². The summed E-state index contributed by atoms with van der Waals surface area (Å²) in [6.07, 6.45) is 7.60. The summed E-state index contributed by atoms with van der Waals surface area (Å²) in [5, 5.41) is 15.5. The molecule has 0 bridgehead atoms. The van der Waals surface area contributed by atoms with E-state index >= 15 is 0 Å². The van der Waals surface area contributed by atoms with Gasteiger partial charge in [0.15, 0.2) is 0 Å². The lowest BCUT2D eigenvalue weighted by atomic mass is 9.59. The third-order valence-electron chi connectivity index (χ3n) is 6.37. The van der Waals surface area contributed by atoms with Crippen LogP contribution in [0.2, 0.25) is 0 Å². The van der Waals surface area contributed by atoms with Crippen molar-refractivity contribution in [3.63, 3.8) is 0 Å². The molecule has 0 heterocycles. The molecule has 132 valence electrons. The lowest BCUT2D eigenvalue weighted by Gasteiger charge is -2.48. The first-order valence-electron chi connectivity index (χ1n) is 9.22. The van der Waals surface area contributed by atoms with Gasteiger partial charge in [-0.05, 0) is 56.6 Å². The summed E-state index contributed by atoms with van der Waals surface area (Å²) >= 11 is 0. The molecule has 4 atom stereocenters. The van der Waals surface area contributed by atoms with Gasteiger partial charge in [0.25, 0.3) is 0 Å². The van der Waals surface area contributed by atoms with Crippen LogP contribution >= 0.6 is 0 Å². The third-order valence-corrected chi connectivity index (χ3v) is 6.37. The van der Waals surface area contributed by atoms with Gasteiger partial charge in [0.2, 0.25) is 0 Å². The van der Waals surface area contributed by atoms with Crippen LogP contribution in [0.15, 0.2) is 35.5 Å². The monoisotopic (exact) mass is 330 g/mol.